The summed E-state index contributed by atoms with van der Waals surface area (Å²) in [5.41, 5.74) is 0.311. The molecule has 92 valence electrons. The average molecular weight is 253 g/mol. The zero-order chi connectivity index (χ0) is 13.0. The van der Waals surface area contributed by atoms with Crippen molar-refractivity contribution in [3.63, 3.8) is 0 Å². The molecular weight excluding hydrogens is 236 g/mol. The van der Waals surface area contributed by atoms with E-state index in [2.05, 4.69) is 0 Å². The first-order valence-electron chi connectivity index (χ1n) is 5.14. The van der Waals surface area contributed by atoms with Crippen molar-refractivity contribution >= 4 is 22.9 Å². The minimum Gasteiger partial charge on any atom is -0.478 e. The first-order valence-corrected chi connectivity index (χ1v) is 5.96. The number of hydrogen-bond donors (Lipinski definition) is 1. The van der Waals surface area contributed by atoms with Crippen molar-refractivity contribution in [3.8, 4) is 0 Å². The molecule has 0 spiro atoms. The van der Waals surface area contributed by atoms with Crippen LogP contribution in [-0.4, -0.2) is 53.9 Å². The molecule has 0 atom stereocenters. The molecule has 0 unspecified atom stereocenters. The molecule has 17 heavy (non-hydrogen) atoms. The Morgan fingerprint density at radius 2 is 1.76 bits per heavy atom. The van der Waals surface area contributed by atoms with E-state index < -0.39 is 5.97 Å². The molecule has 1 N–H and O–H groups in total. The topological polar surface area (TPSA) is 43.6 Å². The molecule has 0 aliphatic carbocycles. The van der Waals surface area contributed by atoms with Crippen molar-refractivity contribution in [2.24, 2.45) is 0 Å². The van der Waals surface area contributed by atoms with Gasteiger partial charge in [-0.05, 0) is 36.0 Å². The normalized spacial score (nSPS) is 9.88. The molecule has 1 aromatic carbocycles. The van der Waals surface area contributed by atoms with E-state index in [1.54, 1.807) is 23.9 Å². The first-order chi connectivity index (χ1) is 7.91. The van der Waals surface area contributed by atoms with Gasteiger partial charge in [-0.1, -0.05) is 0 Å². The molecule has 0 amide bonds. The van der Waals surface area contributed by atoms with Crippen LogP contribution in [0, 0.1) is 0 Å². The zero-order valence-electron chi connectivity index (χ0n) is 10.5. The molecule has 0 aromatic heterocycles. The van der Waals surface area contributed by atoms with Crippen molar-refractivity contribution in [1.29, 1.82) is 0 Å². The Bertz CT molecular complexity index is 434. The van der Waals surface area contributed by atoms with Crippen LogP contribution in [0.1, 0.15) is 10.4 Å². The van der Waals surface area contributed by atoms with Gasteiger partial charge in [-0.3, -0.25) is 9.48 Å². The number of rotatable bonds is 2. The van der Waals surface area contributed by atoms with Crippen LogP contribution in [0.25, 0.3) is 0 Å². The van der Waals surface area contributed by atoms with Gasteiger partial charge in [0.1, 0.15) is 0 Å². The summed E-state index contributed by atoms with van der Waals surface area (Å²) in [7, 11) is 7.92. The maximum Gasteiger partial charge on any atom is 0.335 e. The lowest BCUT2D eigenvalue weighted by Gasteiger charge is -2.10. The van der Waals surface area contributed by atoms with Crippen LogP contribution in [0.4, 0.5) is 0 Å². The molecule has 0 bridgehead atoms. The molecule has 0 saturated heterocycles. The van der Waals surface area contributed by atoms with Gasteiger partial charge in [0, 0.05) is 4.90 Å². The highest BCUT2D eigenvalue weighted by Gasteiger charge is 2.14. The van der Waals surface area contributed by atoms with E-state index in [9.17, 15) is 4.79 Å². The molecule has 4 nitrogen and oxygen atoms in total. The van der Waals surface area contributed by atoms with E-state index in [4.69, 9.17) is 5.11 Å². The molecule has 0 heterocycles. The van der Waals surface area contributed by atoms with Crippen LogP contribution in [0.5, 0.6) is 0 Å². The number of aromatic carboxylic acids is 1. The van der Waals surface area contributed by atoms with Crippen molar-refractivity contribution in [1.82, 2.24) is 4.90 Å². The van der Waals surface area contributed by atoms with Gasteiger partial charge in [-0.2, -0.15) is 0 Å². The fraction of sp³-hybridized carbons (Fsp3) is 0.333. The Balaban J connectivity index is 2.89. The van der Waals surface area contributed by atoms with Crippen LogP contribution in [-0.2, 0) is 0 Å². The van der Waals surface area contributed by atoms with Crippen LogP contribution in [0.2, 0.25) is 0 Å². The SMILES string of the molecule is CN(C)C(Sc1ccc(C(=O)O)cc1)=[N+](C)C. The van der Waals surface area contributed by atoms with E-state index >= 15 is 0 Å². The number of hydrogen-bond acceptors (Lipinski definition) is 2. The second-order valence-electron chi connectivity index (χ2n) is 4.00. The van der Waals surface area contributed by atoms with E-state index in [1.807, 2.05) is 49.8 Å². The minimum atomic E-state index is -0.897. The van der Waals surface area contributed by atoms with Crippen molar-refractivity contribution in [2.45, 2.75) is 4.90 Å². The van der Waals surface area contributed by atoms with Crippen LogP contribution in [0.15, 0.2) is 29.2 Å². The number of amidine groups is 1. The second kappa shape index (κ2) is 5.72. The predicted octanol–water partition coefficient (Wildman–Crippen LogP) is 1.67. The molecule has 0 radical (unpaired) electrons. The number of nitrogens with zero attached hydrogens (tertiary/aromatic N) is 2. The van der Waals surface area contributed by atoms with Gasteiger partial charge in [0.05, 0.1) is 33.8 Å². The third-order valence-corrected chi connectivity index (χ3v) is 3.50. The highest BCUT2D eigenvalue weighted by atomic mass is 32.2. The fourth-order valence-corrected chi connectivity index (χ4v) is 2.20. The summed E-state index contributed by atoms with van der Waals surface area (Å²) in [5.74, 6) is -0.897. The molecule has 0 aliphatic rings. The van der Waals surface area contributed by atoms with Gasteiger partial charge < -0.3 is 5.11 Å². The Labute approximate surface area is 106 Å². The van der Waals surface area contributed by atoms with Crippen molar-refractivity contribution in [3.05, 3.63) is 29.8 Å². The minimum absolute atomic E-state index is 0.311. The summed E-state index contributed by atoms with van der Waals surface area (Å²) in [6, 6.07) is 6.88. The molecule has 1 rings (SSSR count). The summed E-state index contributed by atoms with van der Waals surface area (Å²) >= 11 is 1.60. The van der Waals surface area contributed by atoms with E-state index in [0.29, 0.717) is 5.56 Å². The molecule has 5 heteroatoms. The quantitative estimate of drug-likeness (QED) is 0.377. The first kappa shape index (κ1) is 13.6. The van der Waals surface area contributed by atoms with Crippen molar-refractivity contribution in [2.75, 3.05) is 28.2 Å². The summed E-state index contributed by atoms with van der Waals surface area (Å²) in [6.07, 6.45) is 0. The van der Waals surface area contributed by atoms with Gasteiger partial charge in [0.15, 0.2) is 0 Å². The number of carboxylic acid groups (broad SMARTS) is 1. The van der Waals surface area contributed by atoms with E-state index in [-0.39, 0.29) is 0 Å². The van der Waals surface area contributed by atoms with Gasteiger partial charge in [-0.25, -0.2) is 4.79 Å². The highest BCUT2D eigenvalue weighted by molar-refractivity contribution is 8.13. The molecule has 1 aromatic rings. The lowest BCUT2D eigenvalue weighted by atomic mass is 10.2. The molecular formula is C12H17N2O2S+. The third kappa shape index (κ3) is 3.78. The summed E-state index contributed by atoms with van der Waals surface area (Å²) in [6.45, 7) is 0. The Hall–Kier alpha value is -1.49. The molecule has 0 saturated carbocycles. The van der Waals surface area contributed by atoms with Gasteiger partial charge >= 0.3 is 11.1 Å². The summed E-state index contributed by atoms with van der Waals surface area (Å²) in [5, 5.41) is 9.90. The number of thioether (sulfide) groups is 1. The highest BCUT2D eigenvalue weighted by Crippen LogP contribution is 2.20. The summed E-state index contributed by atoms with van der Waals surface area (Å²) in [4.78, 5) is 13.8. The smallest absolute Gasteiger partial charge is 0.335 e. The van der Waals surface area contributed by atoms with E-state index in [0.717, 1.165) is 10.1 Å². The third-order valence-electron chi connectivity index (χ3n) is 2.08. The monoisotopic (exact) mass is 253 g/mol. The number of benzene rings is 1. The number of carboxylic acids is 1. The Morgan fingerprint density at radius 3 is 2.12 bits per heavy atom. The van der Waals surface area contributed by atoms with Gasteiger partial charge in [-0.15, -0.1) is 0 Å². The standard InChI is InChI=1S/C12H16N2O2S/c1-13(2)12(14(3)4)17-10-7-5-9(6-8-10)11(15)16/h5-8H,1-4H3/p+1. The zero-order valence-corrected chi connectivity index (χ0v) is 11.3. The van der Waals surface area contributed by atoms with Crippen molar-refractivity contribution < 1.29 is 14.5 Å². The summed E-state index contributed by atoms with van der Waals surface area (Å²) < 4.78 is 2.02. The maximum absolute atomic E-state index is 10.7. The maximum atomic E-state index is 10.7. The lowest BCUT2D eigenvalue weighted by Crippen LogP contribution is -2.26. The second-order valence-corrected chi connectivity index (χ2v) is 5.04. The average Bonchev–Trinajstić information content (AvgIpc) is 2.25. The van der Waals surface area contributed by atoms with Crippen LogP contribution >= 0.6 is 11.8 Å². The van der Waals surface area contributed by atoms with E-state index in [1.165, 1.54) is 0 Å². The molecule has 0 aliphatic heterocycles. The largest absolute Gasteiger partial charge is 0.478 e. The van der Waals surface area contributed by atoms with Crippen LogP contribution < -0.4 is 0 Å². The fourth-order valence-electron chi connectivity index (χ4n) is 1.35. The Morgan fingerprint density at radius 1 is 1.24 bits per heavy atom. The van der Waals surface area contributed by atoms with Gasteiger partial charge in [0.25, 0.3) is 0 Å². The Kier molecular flexibility index (Phi) is 4.57. The van der Waals surface area contributed by atoms with Gasteiger partial charge in [0.2, 0.25) is 0 Å². The lowest BCUT2D eigenvalue weighted by molar-refractivity contribution is -0.466. The predicted molar refractivity (Wildman–Crippen MR) is 70.1 cm³/mol. The number of carbonyl (C=O) groups is 1. The van der Waals surface area contributed by atoms with Crippen LogP contribution in [0.3, 0.4) is 0 Å². The molecule has 0 fully saturated rings.